The zero-order valence-corrected chi connectivity index (χ0v) is 22.9. The van der Waals surface area contributed by atoms with Crippen LogP contribution in [0, 0.1) is 11.3 Å². The largest absolute Gasteiger partial charge is 0.494 e. The number of unbranched alkanes of at least 4 members (excludes halogenated alkanes) is 3. The highest BCUT2D eigenvalue weighted by atomic mass is 32.1. The highest BCUT2D eigenvalue weighted by Gasteiger charge is 2.12. The molecule has 8 heteroatoms. The number of hydrogen-bond donors (Lipinski definition) is 2. The average molecular weight is 550 g/mol. The molecule has 0 bridgehead atoms. The van der Waals surface area contributed by atoms with E-state index in [1.165, 1.54) is 0 Å². The van der Waals surface area contributed by atoms with Gasteiger partial charge in [0.1, 0.15) is 11.5 Å². The highest BCUT2D eigenvalue weighted by molar-refractivity contribution is 7.08. The number of ether oxygens (including phenoxy) is 2. The molecule has 7 nitrogen and oxygen atoms in total. The number of aryl methyl sites for hydroxylation is 1. The molecule has 0 spiro atoms. The SMILES string of the molecule is N#CCc1cc(OCCCCCCc2cccc(OCCCC(=O)O)c2CCC(=O)O)cc(-c2ccsc2)c1. The van der Waals surface area contributed by atoms with Gasteiger partial charge in [-0.05, 0) is 101 Å². The van der Waals surface area contributed by atoms with Crippen molar-refractivity contribution in [2.24, 2.45) is 0 Å². The minimum atomic E-state index is -0.862. The van der Waals surface area contributed by atoms with E-state index >= 15 is 0 Å². The van der Waals surface area contributed by atoms with Crippen molar-refractivity contribution < 1.29 is 29.3 Å². The first kappa shape index (κ1) is 29.7. The van der Waals surface area contributed by atoms with E-state index in [-0.39, 0.29) is 19.4 Å². The second-order valence-electron chi connectivity index (χ2n) is 9.36. The molecule has 0 radical (unpaired) electrons. The van der Waals surface area contributed by atoms with Gasteiger partial charge < -0.3 is 19.7 Å². The Bertz CT molecular complexity index is 1250. The first-order chi connectivity index (χ1) is 19.0. The molecule has 0 saturated carbocycles. The number of nitrogens with zero attached hydrogens (tertiary/aromatic N) is 1. The Morgan fingerprint density at radius 2 is 1.64 bits per heavy atom. The Morgan fingerprint density at radius 3 is 2.38 bits per heavy atom. The third-order valence-corrected chi connectivity index (χ3v) is 7.01. The number of rotatable bonds is 18. The third kappa shape index (κ3) is 10.5. The molecule has 1 aromatic heterocycles. The Hall–Kier alpha value is -3.83. The first-order valence-electron chi connectivity index (χ1n) is 13.3. The number of nitriles is 1. The lowest BCUT2D eigenvalue weighted by molar-refractivity contribution is -0.138. The van der Waals surface area contributed by atoms with E-state index in [9.17, 15) is 14.7 Å². The van der Waals surface area contributed by atoms with Gasteiger partial charge in [-0.1, -0.05) is 25.0 Å². The van der Waals surface area contributed by atoms with Crippen molar-refractivity contribution in [3.63, 3.8) is 0 Å². The summed E-state index contributed by atoms with van der Waals surface area (Å²) in [5.41, 5.74) is 5.12. The monoisotopic (exact) mass is 549 g/mol. The minimum absolute atomic E-state index is 0.0174. The van der Waals surface area contributed by atoms with Gasteiger partial charge in [-0.15, -0.1) is 0 Å². The summed E-state index contributed by atoms with van der Waals surface area (Å²) >= 11 is 1.64. The molecule has 39 heavy (non-hydrogen) atoms. The molecule has 206 valence electrons. The van der Waals surface area contributed by atoms with Gasteiger partial charge in [0, 0.05) is 12.8 Å². The van der Waals surface area contributed by atoms with Crippen LogP contribution in [0.15, 0.2) is 53.2 Å². The molecule has 0 amide bonds. The molecule has 2 N–H and O–H groups in total. The summed E-state index contributed by atoms with van der Waals surface area (Å²) in [7, 11) is 0. The second-order valence-corrected chi connectivity index (χ2v) is 10.1. The first-order valence-corrected chi connectivity index (χ1v) is 14.2. The topological polar surface area (TPSA) is 117 Å². The number of carboxylic acid groups (broad SMARTS) is 2. The zero-order valence-electron chi connectivity index (χ0n) is 22.1. The lowest BCUT2D eigenvalue weighted by Gasteiger charge is -2.15. The molecule has 0 saturated heterocycles. The van der Waals surface area contributed by atoms with Crippen LogP contribution in [0.1, 0.15) is 61.6 Å². The normalized spacial score (nSPS) is 10.6. The van der Waals surface area contributed by atoms with Crippen molar-refractivity contribution in [1.29, 1.82) is 5.26 Å². The number of carbonyl (C=O) groups is 2. The van der Waals surface area contributed by atoms with E-state index in [0.717, 1.165) is 65.7 Å². The summed E-state index contributed by atoms with van der Waals surface area (Å²) in [6.45, 7) is 0.882. The second kappa shape index (κ2) is 16.2. The van der Waals surface area contributed by atoms with E-state index in [0.29, 0.717) is 31.6 Å². The van der Waals surface area contributed by atoms with Gasteiger partial charge in [-0.3, -0.25) is 9.59 Å². The molecule has 0 unspecified atom stereocenters. The fourth-order valence-electron chi connectivity index (χ4n) is 4.40. The Labute approximate surface area is 233 Å². The lowest BCUT2D eigenvalue weighted by atomic mass is 9.97. The average Bonchev–Trinajstić information content (AvgIpc) is 3.45. The zero-order chi connectivity index (χ0) is 27.9. The van der Waals surface area contributed by atoms with Crippen molar-refractivity contribution in [2.45, 2.75) is 64.2 Å². The summed E-state index contributed by atoms with van der Waals surface area (Å²) in [5, 5.41) is 31.3. The van der Waals surface area contributed by atoms with Crippen LogP contribution in [0.3, 0.4) is 0 Å². The summed E-state index contributed by atoms with van der Waals surface area (Å²) < 4.78 is 11.9. The number of thiophene rings is 1. The van der Waals surface area contributed by atoms with Crippen LogP contribution in [0.25, 0.3) is 11.1 Å². The molecular formula is C31H35NO6S. The van der Waals surface area contributed by atoms with Gasteiger partial charge in [-0.2, -0.15) is 16.6 Å². The maximum atomic E-state index is 11.2. The number of hydrogen-bond acceptors (Lipinski definition) is 6. The summed E-state index contributed by atoms with van der Waals surface area (Å²) in [5.74, 6) is -0.290. The van der Waals surface area contributed by atoms with E-state index in [4.69, 9.17) is 19.8 Å². The highest BCUT2D eigenvalue weighted by Crippen LogP contribution is 2.29. The van der Waals surface area contributed by atoms with Crippen molar-refractivity contribution in [2.75, 3.05) is 13.2 Å². The van der Waals surface area contributed by atoms with Gasteiger partial charge >= 0.3 is 11.9 Å². The molecule has 0 aliphatic carbocycles. The smallest absolute Gasteiger partial charge is 0.303 e. The summed E-state index contributed by atoms with van der Waals surface area (Å²) in [6, 6.07) is 16.0. The van der Waals surface area contributed by atoms with Gasteiger partial charge in [0.05, 0.1) is 25.7 Å². The number of aliphatic carboxylic acids is 2. The van der Waals surface area contributed by atoms with E-state index in [1.54, 1.807) is 11.3 Å². The third-order valence-electron chi connectivity index (χ3n) is 6.32. The number of carboxylic acids is 2. The fourth-order valence-corrected chi connectivity index (χ4v) is 5.06. The van der Waals surface area contributed by atoms with Crippen LogP contribution in [-0.2, 0) is 28.9 Å². The molecule has 0 aliphatic heterocycles. The van der Waals surface area contributed by atoms with Gasteiger partial charge in [0.2, 0.25) is 0 Å². The lowest BCUT2D eigenvalue weighted by Crippen LogP contribution is -2.07. The van der Waals surface area contributed by atoms with Crippen molar-refractivity contribution in [1.82, 2.24) is 0 Å². The van der Waals surface area contributed by atoms with Crippen molar-refractivity contribution in [3.8, 4) is 28.7 Å². The van der Waals surface area contributed by atoms with E-state index < -0.39 is 11.9 Å². The Morgan fingerprint density at radius 1 is 0.846 bits per heavy atom. The summed E-state index contributed by atoms with van der Waals surface area (Å²) in [4.78, 5) is 21.9. The molecule has 3 rings (SSSR count). The van der Waals surface area contributed by atoms with Gasteiger partial charge in [0.25, 0.3) is 0 Å². The molecule has 0 aliphatic rings. The van der Waals surface area contributed by atoms with Crippen LogP contribution in [-0.4, -0.2) is 35.4 Å². The van der Waals surface area contributed by atoms with Crippen molar-refractivity contribution >= 4 is 23.3 Å². The Balaban J connectivity index is 1.47. The minimum Gasteiger partial charge on any atom is -0.494 e. The predicted molar refractivity (Wildman–Crippen MR) is 152 cm³/mol. The predicted octanol–water partition coefficient (Wildman–Crippen LogP) is 6.92. The molecule has 1 heterocycles. The van der Waals surface area contributed by atoms with Gasteiger partial charge in [-0.25, -0.2) is 0 Å². The quantitative estimate of drug-likeness (QED) is 0.165. The standard InChI is InChI=1S/C31H35NO6S/c32-15-13-23-19-26(25-14-18-39-22-25)21-27(20-23)37-16-4-2-1-3-7-24-8-5-9-29(28(24)11-12-31(35)36)38-17-6-10-30(33)34/h5,8-9,14,18-22H,1-4,6-7,10-13,16-17H2,(H,33,34)(H,35,36). The molecule has 0 atom stereocenters. The van der Waals surface area contributed by atoms with Crippen LogP contribution in [0.4, 0.5) is 0 Å². The van der Waals surface area contributed by atoms with Crippen LogP contribution < -0.4 is 9.47 Å². The Kier molecular flexibility index (Phi) is 12.3. The molecule has 3 aromatic rings. The molecular weight excluding hydrogens is 514 g/mol. The summed E-state index contributed by atoms with van der Waals surface area (Å²) in [6.07, 6.45) is 5.89. The van der Waals surface area contributed by atoms with E-state index in [2.05, 4.69) is 17.5 Å². The molecule has 2 aromatic carbocycles. The van der Waals surface area contributed by atoms with Gasteiger partial charge in [0.15, 0.2) is 0 Å². The van der Waals surface area contributed by atoms with E-state index in [1.807, 2.05) is 41.8 Å². The maximum Gasteiger partial charge on any atom is 0.303 e. The van der Waals surface area contributed by atoms with Crippen LogP contribution in [0.5, 0.6) is 11.5 Å². The molecule has 0 fully saturated rings. The number of benzene rings is 2. The fraction of sp³-hybridized carbons (Fsp3) is 0.387. The van der Waals surface area contributed by atoms with Crippen LogP contribution in [0.2, 0.25) is 0 Å². The van der Waals surface area contributed by atoms with Crippen molar-refractivity contribution in [3.05, 3.63) is 69.9 Å². The van der Waals surface area contributed by atoms with Crippen LogP contribution >= 0.6 is 11.3 Å². The maximum absolute atomic E-state index is 11.2.